The molecule has 2 aromatic carbocycles. The molecular weight excluding hydrogens is 342 g/mol. The fraction of sp³-hybridized carbons (Fsp3) is 0.133. The van der Waals surface area contributed by atoms with Gasteiger partial charge in [-0.25, -0.2) is 0 Å². The molecule has 104 valence electrons. The second-order valence-corrected chi connectivity index (χ2v) is 5.60. The third-order valence-electron chi connectivity index (χ3n) is 2.57. The highest BCUT2D eigenvalue weighted by atomic mass is 79.9. The molecule has 2 aromatic rings. The molecule has 0 bridgehead atoms. The standard InChI is InChI=1S/C15H13BrClNO2/c1-10-2-7-13(17)14(8-10)20-9-15(19)18-12-5-3-11(16)4-6-12/h2-8H,9H2,1H3,(H,18,19). The Kier molecular flexibility index (Phi) is 5.04. The van der Waals surface area contributed by atoms with Gasteiger partial charge in [0, 0.05) is 10.2 Å². The maximum atomic E-state index is 11.8. The van der Waals surface area contributed by atoms with Gasteiger partial charge in [0.1, 0.15) is 5.75 Å². The fourth-order valence-electron chi connectivity index (χ4n) is 1.59. The number of rotatable bonds is 4. The van der Waals surface area contributed by atoms with Crippen LogP contribution in [-0.4, -0.2) is 12.5 Å². The number of benzene rings is 2. The minimum absolute atomic E-state index is 0.0841. The Balaban J connectivity index is 1.92. The topological polar surface area (TPSA) is 38.3 Å². The van der Waals surface area contributed by atoms with Crippen molar-refractivity contribution in [3.63, 3.8) is 0 Å². The summed E-state index contributed by atoms with van der Waals surface area (Å²) in [6, 6.07) is 12.8. The van der Waals surface area contributed by atoms with Gasteiger partial charge >= 0.3 is 0 Å². The minimum Gasteiger partial charge on any atom is -0.482 e. The van der Waals surface area contributed by atoms with Crippen LogP contribution in [0.4, 0.5) is 5.69 Å². The van der Waals surface area contributed by atoms with E-state index in [0.29, 0.717) is 10.8 Å². The van der Waals surface area contributed by atoms with Crippen LogP contribution in [0.5, 0.6) is 5.75 Å². The molecule has 1 N–H and O–H groups in total. The summed E-state index contributed by atoms with van der Waals surface area (Å²) in [6.07, 6.45) is 0. The van der Waals surface area contributed by atoms with E-state index in [1.54, 1.807) is 12.1 Å². The van der Waals surface area contributed by atoms with Crippen LogP contribution in [0, 0.1) is 6.92 Å². The van der Waals surface area contributed by atoms with E-state index in [-0.39, 0.29) is 12.5 Å². The number of hydrogen-bond acceptors (Lipinski definition) is 2. The summed E-state index contributed by atoms with van der Waals surface area (Å²) in [6.45, 7) is 1.85. The van der Waals surface area contributed by atoms with E-state index in [2.05, 4.69) is 21.2 Å². The molecule has 0 heterocycles. The van der Waals surface area contributed by atoms with E-state index in [1.165, 1.54) is 0 Å². The number of ether oxygens (including phenoxy) is 1. The van der Waals surface area contributed by atoms with Gasteiger partial charge in [-0.15, -0.1) is 0 Å². The number of halogens is 2. The summed E-state index contributed by atoms with van der Waals surface area (Å²) in [5.41, 5.74) is 1.75. The first-order valence-electron chi connectivity index (χ1n) is 5.99. The smallest absolute Gasteiger partial charge is 0.262 e. The summed E-state index contributed by atoms with van der Waals surface area (Å²) in [5.74, 6) is 0.280. The SMILES string of the molecule is Cc1ccc(Cl)c(OCC(=O)Nc2ccc(Br)cc2)c1. The van der Waals surface area contributed by atoms with E-state index < -0.39 is 0 Å². The molecule has 0 aliphatic heterocycles. The first-order chi connectivity index (χ1) is 9.54. The normalized spacial score (nSPS) is 10.2. The summed E-state index contributed by atoms with van der Waals surface area (Å²) in [4.78, 5) is 11.8. The lowest BCUT2D eigenvalue weighted by molar-refractivity contribution is -0.118. The maximum Gasteiger partial charge on any atom is 0.262 e. The highest BCUT2D eigenvalue weighted by molar-refractivity contribution is 9.10. The van der Waals surface area contributed by atoms with E-state index in [0.717, 1.165) is 15.7 Å². The zero-order valence-corrected chi connectivity index (χ0v) is 13.2. The number of amides is 1. The minimum atomic E-state index is -0.232. The monoisotopic (exact) mass is 353 g/mol. The van der Waals surface area contributed by atoms with Crippen LogP contribution in [0.15, 0.2) is 46.9 Å². The van der Waals surface area contributed by atoms with Gasteiger partial charge in [-0.05, 0) is 48.9 Å². The second-order valence-electron chi connectivity index (χ2n) is 4.28. The van der Waals surface area contributed by atoms with Crippen molar-refractivity contribution in [3.05, 3.63) is 57.5 Å². The molecule has 20 heavy (non-hydrogen) atoms. The Morgan fingerprint density at radius 3 is 2.65 bits per heavy atom. The molecule has 0 saturated carbocycles. The number of hydrogen-bond donors (Lipinski definition) is 1. The van der Waals surface area contributed by atoms with E-state index >= 15 is 0 Å². The predicted molar refractivity (Wildman–Crippen MR) is 84.5 cm³/mol. The Labute approximate surface area is 131 Å². The lowest BCUT2D eigenvalue weighted by Gasteiger charge is -2.09. The van der Waals surface area contributed by atoms with Crippen LogP contribution < -0.4 is 10.1 Å². The van der Waals surface area contributed by atoms with Crippen LogP contribution in [-0.2, 0) is 4.79 Å². The third-order valence-corrected chi connectivity index (χ3v) is 3.41. The van der Waals surface area contributed by atoms with Crippen molar-refractivity contribution in [1.29, 1.82) is 0 Å². The molecule has 2 rings (SSSR count). The van der Waals surface area contributed by atoms with E-state index in [4.69, 9.17) is 16.3 Å². The quantitative estimate of drug-likeness (QED) is 0.882. The van der Waals surface area contributed by atoms with Crippen molar-refractivity contribution in [3.8, 4) is 5.75 Å². The van der Waals surface area contributed by atoms with Crippen molar-refractivity contribution in [1.82, 2.24) is 0 Å². The molecule has 0 atom stereocenters. The molecule has 0 fully saturated rings. The molecule has 0 saturated heterocycles. The number of carbonyl (C=O) groups is 1. The van der Waals surface area contributed by atoms with Gasteiger partial charge in [0.2, 0.25) is 0 Å². The molecule has 0 unspecified atom stereocenters. The highest BCUT2D eigenvalue weighted by Crippen LogP contribution is 2.25. The van der Waals surface area contributed by atoms with E-state index in [1.807, 2.05) is 37.3 Å². The summed E-state index contributed by atoms with van der Waals surface area (Å²) >= 11 is 9.33. The van der Waals surface area contributed by atoms with Crippen LogP contribution in [0.3, 0.4) is 0 Å². The number of anilines is 1. The van der Waals surface area contributed by atoms with Crippen molar-refractivity contribution in [2.24, 2.45) is 0 Å². The lowest BCUT2D eigenvalue weighted by atomic mass is 10.2. The average Bonchev–Trinajstić information content (AvgIpc) is 2.42. The van der Waals surface area contributed by atoms with Gasteiger partial charge in [-0.1, -0.05) is 33.6 Å². The largest absolute Gasteiger partial charge is 0.482 e. The van der Waals surface area contributed by atoms with Gasteiger partial charge < -0.3 is 10.1 Å². The van der Waals surface area contributed by atoms with Crippen LogP contribution in [0.25, 0.3) is 0 Å². The molecular formula is C15H13BrClNO2. The van der Waals surface area contributed by atoms with Gasteiger partial charge in [0.25, 0.3) is 5.91 Å². The molecule has 1 amide bonds. The van der Waals surface area contributed by atoms with Gasteiger partial charge in [0.15, 0.2) is 6.61 Å². The molecule has 3 nitrogen and oxygen atoms in total. The molecule has 0 radical (unpaired) electrons. The Morgan fingerprint density at radius 2 is 1.95 bits per heavy atom. The van der Waals surface area contributed by atoms with Crippen molar-refractivity contribution in [2.45, 2.75) is 6.92 Å². The Morgan fingerprint density at radius 1 is 1.25 bits per heavy atom. The van der Waals surface area contributed by atoms with Crippen molar-refractivity contribution in [2.75, 3.05) is 11.9 Å². The fourth-order valence-corrected chi connectivity index (χ4v) is 2.03. The highest BCUT2D eigenvalue weighted by Gasteiger charge is 2.06. The summed E-state index contributed by atoms with van der Waals surface area (Å²) in [7, 11) is 0. The van der Waals surface area contributed by atoms with Crippen LogP contribution in [0.2, 0.25) is 5.02 Å². The molecule has 0 aliphatic carbocycles. The predicted octanol–water partition coefficient (Wildman–Crippen LogP) is 4.43. The third kappa shape index (κ3) is 4.25. The Hall–Kier alpha value is -1.52. The average molecular weight is 355 g/mol. The zero-order chi connectivity index (χ0) is 14.5. The molecule has 0 aliphatic rings. The molecule has 0 spiro atoms. The van der Waals surface area contributed by atoms with Crippen molar-refractivity contribution < 1.29 is 9.53 Å². The first-order valence-corrected chi connectivity index (χ1v) is 7.16. The van der Waals surface area contributed by atoms with Gasteiger partial charge in [-0.2, -0.15) is 0 Å². The number of carbonyl (C=O) groups excluding carboxylic acids is 1. The Bertz CT molecular complexity index is 614. The second kappa shape index (κ2) is 6.77. The van der Waals surface area contributed by atoms with Gasteiger partial charge in [-0.3, -0.25) is 4.79 Å². The first kappa shape index (κ1) is 14.9. The molecule has 5 heteroatoms. The van der Waals surface area contributed by atoms with Gasteiger partial charge in [0.05, 0.1) is 5.02 Å². The number of nitrogens with one attached hydrogen (secondary N) is 1. The number of aryl methyl sites for hydroxylation is 1. The van der Waals surface area contributed by atoms with Crippen LogP contribution in [0.1, 0.15) is 5.56 Å². The summed E-state index contributed by atoms with van der Waals surface area (Å²) < 4.78 is 6.38. The lowest BCUT2D eigenvalue weighted by Crippen LogP contribution is -2.20. The van der Waals surface area contributed by atoms with Crippen molar-refractivity contribution >= 4 is 39.1 Å². The van der Waals surface area contributed by atoms with E-state index in [9.17, 15) is 4.79 Å². The zero-order valence-electron chi connectivity index (χ0n) is 10.8. The molecule has 0 aromatic heterocycles. The summed E-state index contributed by atoms with van der Waals surface area (Å²) in [5, 5.41) is 3.24. The van der Waals surface area contributed by atoms with Crippen LogP contribution >= 0.6 is 27.5 Å². The maximum absolute atomic E-state index is 11.8.